The summed E-state index contributed by atoms with van der Waals surface area (Å²) in [5, 5.41) is 8.54. The van der Waals surface area contributed by atoms with Crippen molar-refractivity contribution in [1.82, 2.24) is 0 Å². The highest BCUT2D eigenvalue weighted by Gasteiger charge is 2.08. The number of aliphatic hydroxyl groups excluding tert-OH is 1. The summed E-state index contributed by atoms with van der Waals surface area (Å²) in [6.45, 7) is 15.3. The number of ether oxygens (including phenoxy) is 8. The van der Waals surface area contributed by atoms with Gasteiger partial charge in [-0.15, -0.1) is 0 Å². The van der Waals surface area contributed by atoms with Crippen molar-refractivity contribution in [3.8, 4) is 0 Å². The van der Waals surface area contributed by atoms with Crippen molar-refractivity contribution in [2.24, 2.45) is 5.41 Å². The molecule has 9 heteroatoms. The van der Waals surface area contributed by atoms with Crippen LogP contribution >= 0.6 is 0 Å². The summed E-state index contributed by atoms with van der Waals surface area (Å²) >= 11 is 0. The van der Waals surface area contributed by atoms with E-state index in [1.807, 2.05) is 0 Å². The quantitative estimate of drug-likeness (QED) is 0.206. The Hall–Kier alpha value is -0.360. The minimum absolute atomic E-state index is 0.0340. The molecule has 0 aliphatic rings. The second-order valence-corrected chi connectivity index (χ2v) is 7.93. The zero-order valence-electron chi connectivity index (χ0n) is 19.9. The fourth-order valence-corrected chi connectivity index (χ4v) is 2.08. The molecule has 0 aromatic rings. The third-order valence-electron chi connectivity index (χ3n) is 3.84. The molecule has 0 aliphatic carbocycles. The molecule has 0 spiro atoms. The molecule has 0 fully saturated rings. The molecule has 0 saturated heterocycles. The van der Waals surface area contributed by atoms with Crippen LogP contribution in [0.3, 0.4) is 0 Å². The van der Waals surface area contributed by atoms with E-state index in [-0.39, 0.29) is 6.61 Å². The second kappa shape index (κ2) is 24.3. The lowest BCUT2D eigenvalue weighted by Gasteiger charge is -2.17. The predicted octanol–water partition coefficient (Wildman–Crippen LogP) is 1.55. The molecule has 0 unspecified atom stereocenters. The monoisotopic (exact) mass is 454 g/mol. The average Bonchev–Trinajstić information content (AvgIpc) is 2.73. The summed E-state index contributed by atoms with van der Waals surface area (Å²) in [6, 6.07) is 0. The number of hydrogen-bond acceptors (Lipinski definition) is 9. The first-order chi connectivity index (χ1) is 15.1. The molecule has 0 atom stereocenters. The van der Waals surface area contributed by atoms with Crippen molar-refractivity contribution >= 4 is 0 Å². The summed E-state index contributed by atoms with van der Waals surface area (Å²) in [5.74, 6) is 0. The lowest BCUT2D eigenvalue weighted by atomic mass is 9.93. The molecular weight excluding hydrogens is 408 g/mol. The minimum atomic E-state index is 0.0340. The molecule has 31 heavy (non-hydrogen) atoms. The Morgan fingerprint density at radius 3 is 0.839 bits per heavy atom. The van der Waals surface area contributed by atoms with Crippen molar-refractivity contribution in [2.75, 3.05) is 112 Å². The summed E-state index contributed by atoms with van der Waals surface area (Å²) in [5.41, 5.74) is 0.311. The van der Waals surface area contributed by atoms with Crippen molar-refractivity contribution in [3.63, 3.8) is 0 Å². The summed E-state index contributed by atoms with van der Waals surface area (Å²) in [6.07, 6.45) is 1.05. The van der Waals surface area contributed by atoms with Gasteiger partial charge in [-0.2, -0.15) is 0 Å². The molecule has 188 valence electrons. The van der Waals surface area contributed by atoms with Gasteiger partial charge in [0.1, 0.15) is 0 Å². The molecule has 0 saturated carbocycles. The molecule has 0 aromatic carbocycles. The Morgan fingerprint density at radius 2 is 0.613 bits per heavy atom. The van der Waals surface area contributed by atoms with Gasteiger partial charge >= 0.3 is 0 Å². The molecule has 0 rings (SSSR count). The molecule has 0 aromatic heterocycles. The van der Waals surface area contributed by atoms with Crippen LogP contribution in [0.15, 0.2) is 0 Å². The van der Waals surface area contributed by atoms with Crippen molar-refractivity contribution in [3.05, 3.63) is 0 Å². The van der Waals surface area contributed by atoms with Crippen LogP contribution in [0.25, 0.3) is 0 Å². The van der Waals surface area contributed by atoms with Crippen LogP contribution in [0.2, 0.25) is 0 Å². The normalized spacial score (nSPS) is 12.0. The molecule has 9 nitrogen and oxygen atoms in total. The van der Waals surface area contributed by atoms with E-state index in [0.717, 1.165) is 13.0 Å². The fraction of sp³-hybridized carbons (Fsp3) is 1.00. The van der Waals surface area contributed by atoms with Gasteiger partial charge in [0.05, 0.1) is 106 Å². The van der Waals surface area contributed by atoms with Crippen LogP contribution in [0.5, 0.6) is 0 Å². The van der Waals surface area contributed by atoms with Gasteiger partial charge in [-0.05, 0) is 11.8 Å². The second-order valence-electron chi connectivity index (χ2n) is 7.93. The fourth-order valence-electron chi connectivity index (χ4n) is 2.08. The van der Waals surface area contributed by atoms with E-state index in [9.17, 15) is 0 Å². The Kier molecular flexibility index (Phi) is 24.0. The molecule has 0 amide bonds. The van der Waals surface area contributed by atoms with E-state index >= 15 is 0 Å². The Morgan fingerprint density at radius 1 is 0.387 bits per heavy atom. The van der Waals surface area contributed by atoms with Crippen molar-refractivity contribution in [2.45, 2.75) is 27.2 Å². The molecule has 0 bridgehead atoms. The first-order valence-electron chi connectivity index (χ1n) is 11.3. The third-order valence-corrected chi connectivity index (χ3v) is 3.84. The number of rotatable bonds is 25. The smallest absolute Gasteiger partial charge is 0.0701 e. The van der Waals surface area contributed by atoms with Gasteiger partial charge in [-0.1, -0.05) is 20.8 Å². The van der Waals surface area contributed by atoms with Gasteiger partial charge in [-0.25, -0.2) is 0 Å². The summed E-state index contributed by atoms with van der Waals surface area (Å²) < 4.78 is 43.0. The van der Waals surface area contributed by atoms with Crippen LogP contribution in [-0.4, -0.2) is 117 Å². The molecule has 0 heterocycles. The van der Waals surface area contributed by atoms with E-state index in [0.29, 0.717) is 105 Å². The van der Waals surface area contributed by atoms with E-state index < -0.39 is 0 Å². The Labute approximate surface area is 188 Å². The maximum Gasteiger partial charge on any atom is 0.0701 e. The maximum atomic E-state index is 8.54. The first-order valence-corrected chi connectivity index (χ1v) is 11.3. The zero-order chi connectivity index (χ0) is 22.9. The van der Waals surface area contributed by atoms with Crippen LogP contribution < -0.4 is 0 Å². The average molecular weight is 455 g/mol. The molecule has 0 radical (unpaired) electrons. The third kappa shape index (κ3) is 29.6. The van der Waals surface area contributed by atoms with E-state index in [1.54, 1.807) is 0 Å². The van der Waals surface area contributed by atoms with E-state index in [4.69, 9.17) is 43.0 Å². The number of aliphatic hydroxyl groups is 1. The lowest BCUT2D eigenvalue weighted by molar-refractivity contribution is -0.0242. The van der Waals surface area contributed by atoms with Crippen LogP contribution in [0.4, 0.5) is 0 Å². The van der Waals surface area contributed by atoms with Crippen molar-refractivity contribution < 1.29 is 43.0 Å². The van der Waals surface area contributed by atoms with Crippen molar-refractivity contribution in [1.29, 1.82) is 0 Å². The zero-order valence-corrected chi connectivity index (χ0v) is 19.9. The van der Waals surface area contributed by atoms with Crippen LogP contribution in [-0.2, 0) is 37.9 Å². The summed E-state index contributed by atoms with van der Waals surface area (Å²) in [7, 11) is 0. The van der Waals surface area contributed by atoms with Gasteiger partial charge in [0.25, 0.3) is 0 Å². The molecular formula is C22H46O9. The van der Waals surface area contributed by atoms with Gasteiger partial charge < -0.3 is 43.0 Å². The van der Waals surface area contributed by atoms with Gasteiger partial charge in [0.15, 0.2) is 0 Å². The van der Waals surface area contributed by atoms with Gasteiger partial charge in [-0.3, -0.25) is 0 Å². The van der Waals surface area contributed by atoms with E-state index in [1.165, 1.54) is 0 Å². The van der Waals surface area contributed by atoms with Crippen LogP contribution in [0.1, 0.15) is 27.2 Å². The number of hydrogen-bond donors (Lipinski definition) is 1. The van der Waals surface area contributed by atoms with Gasteiger partial charge in [0.2, 0.25) is 0 Å². The lowest BCUT2D eigenvalue weighted by Crippen LogP contribution is -2.15. The standard InChI is InChI=1S/C22H46O9/c1-22(2,3)4-6-24-8-10-26-12-14-28-16-18-30-20-21-31-19-17-29-15-13-27-11-9-25-7-5-23/h23H,4-21H2,1-3H3. The highest BCUT2D eigenvalue weighted by molar-refractivity contribution is 4.59. The maximum absolute atomic E-state index is 8.54. The Bertz CT molecular complexity index is 337. The SMILES string of the molecule is CC(C)(C)CCOCCOCCOCCOCCOCCOCCOCCOCCO. The largest absolute Gasteiger partial charge is 0.394 e. The Balaban J connectivity index is 3.02. The van der Waals surface area contributed by atoms with E-state index in [2.05, 4.69) is 20.8 Å². The van der Waals surface area contributed by atoms with Gasteiger partial charge in [0, 0.05) is 6.61 Å². The highest BCUT2D eigenvalue weighted by Crippen LogP contribution is 2.17. The topological polar surface area (TPSA) is 94.1 Å². The highest BCUT2D eigenvalue weighted by atomic mass is 16.6. The molecule has 0 aliphatic heterocycles. The summed E-state index contributed by atoms with van der Waals surface area (Å²) in [4.78, 5) is 0. The van der Waals surface area contributed by atoms with Crippen LogP contribution in [0, 0.1) is 5.41 Å². The first kappa shape index (κ1) is 30.6. The predicted molar refractivity (Wildman–Crippen MR) is 118 cm³/mol. The molecule has 1 N–H and O–H groups in total. The minimum Gasteiger partial charge on any atom is -0.394 e.